The van der Waals surface area contributed by atoms with Gasteiger partial charge in [-0.2, -0.15) is 10.2 Å². The Labute approximate surface area is 156 Å². The average Bonchev–Trinajstić information content (AvgIpc) is 3.39. The van der Waals surface area contributed by atoms with E-state index in [2.05, 4.69) is 25.1 Å². The van der Waals surface area contributed by atoms with Gasteiger partial charge in [-0.25, -0.2) is 14.6 Å². The van der Waals surface area contributed by atoms with E-state index < -0.39 is 0 Å². The van der Waals surface area contributed by atoms with Crippen LogP contribution in [0.1, 0.15) is 28.3 Å². The largest absolute Gasteiger partial charge is 0.379 e. The molecule has 3 aromatic heterocycles. The quantitative estimate of drug-likeness (QED) is 0.629. The highest BCUT2D eigenvalue weighted by Crippen LogP contribution is 2.20. The Kier molecular flexibility index (Phi) is 4.44. The van der Waals surface area contributed by atoms with E-state index in [4.69, 9.17) is 4.74 Å². The first-order chi connectivity index (χ1) is 13.1. The molecule has 9 heteroatoms. The second kappa shape index (κ2) is 6.92. The fourth-order valence-electron chi connectivity index (χ4n) is 3.18. The average molecular weight is 367 g/mol. The zero-order chi connectivity index (χ0) is 19.0. The van der Waals surface area contributed by atoms with Crippen molar-refractivity contribution in [3.63, 3.8) is 0 Å². The van der Waals surface area contributed by atoms with Gasteiger partial charge in [0.2, 0.25) is 0 Å². The number of aryl methyl sites for hydroxylation is 2. The predicted octanol–water partition coefficient (Wildman–Crippen LogP) is 1.36. The first kappa shape index (κ1) is 17.3. The summed E-state index contributed by atoms with van der Waals surface area (Å²) in [5, 5.41) is 9.43. The molecule has 9 nitrogen and oxygen atoms in total. The van der Waals surface area contributed by atoms with Gasteiger partial charge < -0.3 is 9.64 Å². The van der Waals surface area contributed by atoms with Crippen LogP contribution >= 0.6 is 0 Å². The molecule has 1 aliphatic rings. The molecule has 0 N–H and O–H groups in total. The Morgan fingerprint density at radius 3 is 2.96 bits per heavy atom. The number of ether oxygens (including phenoxy) is 1. The number of hydrogen-bond donors (Lipinski definition) is 0. The van der Waals surface area contributed by atoms with Crippen molar-refractivity contribution in [2.24, 2.45) is 7.05 Å². The van der Waals surface area contributed by atoms with E-state index in [1.54, 1.807) is 21.8 Å². The Morgan fingerprint density at radius 1 is 1.37 bits per heavy atom. The molecule has 4 heterocycles. The summed E-state index contributed by atoms with van der Waals surface area (Å²) >= 11 is 0. The molecule has 1 aliphatic heterocycles. The van der Waals surface area contributed by atoms with E-state index in [9.17, 15) is 4.79 Å². The monoisotopic (exact) mass is 367 g/mol. The lowest BCUT2D eigenvalue weighted by Gasteiger charge is -2.20. The van der Waals surface area contributed by atoms with Crippen molar-refractivity contribution in [2.45, 2.75) is 19.4 Å². The molecule has 1 saturated heterocycles. The molecular weight excluding hydrogens is 346 g/mol. The summed E-state index contributed by atoms with van der Waals surface area (Å²) in [6, 6.07) is 0.357. The summed E-state index contributed by atoms with van der Waals surface area (Å²) < 4.78 is 8.72. The van der Waals surface area contributed by atoms with Crippen LogP contribution in [-0.4, -0.2) is 67.0 Å². The Bertz CT molecular complexity index is 1010. The number of aromatic nitrogens is 6. The maximum Gasteiger partial charge on any atom is 0.170 e. The van der Waals surface area contributed by atoms with Gasteiger partial charge in [-0.3, -0.25) is 9.48 Å². The van der Waals surface area contributed by atoms with Gasteiger partial charge in [0.1, 0.15) is 11.5 Å². The van der Waals surface area contributed by atoms with Crippen LogP contribution in [0.5, 0.6) is 0 Å². The highest BCUT2D eigenvalue weighted by molar-refractivity contribution is 5.83. The van der Waals surface area contributed by atoms with Crippen molar-refractivity contribution < 1.29 is 9.53 Å². The first-order valence-corrected chi connectivity index (χ1v) is 8.76. The van der Waals surface area contributed by atoms with E-state index in [0.717, 1.165) is 42.5 Å². The molecule has 27 heavy (non-hydrogen) atoms. The Balaban J connectivity index is 1.71. The number of nitrogens with zero attached hydrogens (tertiary/aromatic N) is 7. The molecule has 0 spiro atoms. The van der Waals surface area contributed by atoms with Crippen LogP contribution in [0.4, 0.5) is 0 Å². The van der Waals surface area contributed by atoms with Crippen molar-refractivity contribution in [3.8, 4) is 5.82 Å². The normalized spacial score (nSPS) is 17.2. The van der Waals surface area contributed by atoms with Gasteiger partial charge in [0.15, 0.2) is 17.8 Å². The molecule has 0 saturated carbocycles. The van der Waals surface area contributed by atoms with Crippen molar-refractivity contribution in [2.75, 3.05) is 20.3 Å². The summed E-state index contributed by atoms with van der Waals surface area (Å²) in [7, 11) is 3.84. The minimum atomic E-state index is 0.357. The van der Waals surface area contributed by atoms with Crippen LogP contribution in [0, 0.1) is 6.92 Å². The van der Waals surface area contributed by atoms with Crippen LogP contribution in [0.2, 0.25) is 0 Å². The van der Waals surface area contributed by atoms with E-state index >= 15 is 0 Å². The maximum atomic E-state index is 11.5. The van der Waals surface area contributed by atoms with Crippen LogP contribution in [0.25, 0.3) is 22.9 Å². The highest BCUT2D eigenvalue weighted by Gasteiger charge is 2.18. The van der Waals surface area contributed by atoms with E-state index in [1.165, 1.54) is 0 Å². The summed E-state index contributed by atoms with van der Waals surface area (Å²) in [6.45, 7) is 3.33. The van der Waals surface area contributed by atoms with Crippen LogP contribution < -0.4 is 0 Å². The molecule has 0 radical (unpaired) electrons. The second-order valence-electron chi connectivity index (χ2n) is 6.63. The zero-order valence-electron chi connectivity index (χ0n) is 15.5. The van der Waals surface area contributed by atoms with Gasteiger partial charge in [-0.15, -0.1) is 0 Å². The van der Waals surface area contributed by atoms with E-state index in [-0.39, 0.29) is 0 Å². The predicted molar refractivity (Wildman–Crippen MR) is 99.6 cm³/mol. The zero-order valence-corrected chi connectivity index (χ0v) is 15.5. The van der Waals surface area contributed by atoms with E-state index in [0.29, 0.717) is 23.4 Å². The number of carbonyl (C=O) groups excluding carboxylic acids is 1. The number of aldehydes is 1. The molecule has 0 bridgehead atoms. The number of fused-ring (bicyclic) bond motifs is 1. The maximum absolute atomic E-state index is 11.5. The Hall–Kier alpha value is -3.07. The molecule has 140 valence electrons. The van der Waals surface area contributed by atoms with Gasteiger partial charge in [0.25, 0.3) is 0 Å². The van der Waals surface area contributed by atoms with Gasteiger partial charge in [0.05, 0.1) is 24.2 Å². The van der Waals surface area contributed by atoms with Gasteiger partial charge in [-0.1, -0.05) is 0 Å². The first-order valence-electron chi connectivity index (χ1n) is 8.76. The highest BCUT2D eigenvalue weighted by atomic mass is 16.5. The fourth-order valence-corrected chi connectivity index (χ4v) is 3.18. The summed E-state index contributed by atoms with van der Waals surface area (Å²) in [5.74, 6) is 1.22. The minimum absolute atomic E-state index is 0.357. The van der Waals surface area contributed by atoms with Crippen molar-refractivity contribution >= 4 is 23.4 Å². The fraction of sp³-hybridized carbons (Fsp3) is 0.389. The van der Waals surface area contributed by atoms with Crippen molar-refractivity contribution in [1.82, 2.24) is 34.4 Å². The molecule has 0 aromatic carbocycles. The number of likely N-dealkylation sites (N-methyl/N-ethyl adjacent to an activating group) is 1. The third kappa shape index (κ3) is 3.21. The molecular formula is C18H21N7O2. The lowest BCUT2D eigenvalue weighted by Crippen LogP contribution is -2.26. The smallest absolute Gasteiger partial charge is 0.170 e. The molecule has 1 atom stereocenters. The topological polar surface area (TPSA) is 91.0 Å². The molecule has 3 aromatic rings. The lowest BCUT2D eigenvalue weighted by atomic mass is 10.2. The third-order valence-corrected chi connectivity index (χ3v) is 4.76. The van der Waals surface area contributed by atoms with E-state index in [1.807, 2.05) is 33.3 Å². The molecule has 0 amide bonds. The van der Waals surface area contributed by atoms with Crippen LogP contribution in [-0.2, 0) is 11.8 Å². The number of hydrogen-bond acceptors (Lipinski definition) is 7. The summed E-state index contributed by atoms with van der Waals surface area (Å²) in [4.78, 5) is 22.5. The standard InChI is InChI=1S/C18H21N7O2/c1-12-20-17-15(8-19-24(17)3)18(21-12)25-9-13(16(10-26)22-25)4-6-23(2)14-5-7-27-11-14/h4,6,8-10,14H,5,7,11H2,1-3H3/b6-4-. The van der Waals surface area contributed by atoms with Gasteiger partial charge in [-0.05, 0) is 25.6 Å². The van der Waals surface area contributed by atoms with Gasteiger partial charge in [0, 0.05) is 32.5 Å². The summed E-state index contributed by atoms with van der Waals surface area (Å²) in [6.07, 6.45) is 9.10. The number of rotatable bonds is 5. The van der Waals surface area contributed by atoms with Crippen LogP contribution in [0.3, 0.4) is 0 Å². The lowest BCUT2D eigenvalue weighted by molar-refractivity contribution is 0.111. The molecule has 1 unspecified atom stereocenters. The molecule has 4 rings (SSSR count). The van der Waals surface area contributed by atoms with Crippen molar-refractivity contribution in [1.29, 1.82) is 0 Å². The molecule has 0 aliphatic carbocycles. The molecule has 1 fully saturated rings. The minimum Gasteiger partial charge on any atom is -0.379 e. The second-order valence-corrected chi connectivity index (χ2v) is 6.63. The Morgan fingerprint density at radius 2 is 2.22 bits per heavy atom. The third-order valence-electron chi connectivity index (χ3n) is 4.76. The summed E-state index contributed by atoms with van der Waals surface area (Å²) in [5.41, 5.74) is 1.80. The van der Waals surface area contributed by atoms with Gasteiger partial charge >= 0.3 is 0 Å². The van der Waals surface area contributed by atoms with Crippen molar-refractivity contribution in [3.05, 3.63) is 35.7 Å². The number of carbonyl (C=O) groups is 1. The van der Waals surface area contributed by atoms with Crippen LogP contribution in [0.15, 0.2) is 18.6 Å². The SMILES string of the molecule is Cc1nc(-n2cc(/C=C\N(C)C3CCOC3)c(C=O)n2)c2cnn(C)c2n1.